The molecule has 0 spiro atoms. The van der Waals surface area contributed by atoms with Crippen LogP contribution in [0, 0.1) is 0 Å². The Kier molecular flexibility index (Phi) is 4.67. The number of benzene rings is 1. The van der Waals surface area contributed by atoms with Crippen molar-refractivity contribution in [3.8, 4) is 0 Å². The van der Waals surface area contributed by atoms with Crippen molar-refractivity contribution in [3.05, 3.63) is 47.4 Å². The standard InChI is InChI=1S/C15H17NO6/c1-4-21-15(10-8-6-5-7-9-10)16-11(13(17)19-2)12(22-15)14(18)20-3/h5-9,16H,4H2,1-3H3. The van der Waals surface area contributed by atoms with Crippen LogP contribution < -0.4 is 5.32 Å². The molecule has 2 rings (SSSR count). The average molecular weight is 307 g/mol. The molecule has 7 heteroatoms. The van der Waals surface area contributed by atoms with E-state index in [0.29, 0.717) is 5.56 Å². The lowest BCUT2D eigenvalue weighted by Gasteiger charge is -2.29. The summed E-state index contributed by atoms with van der Waals surface area (Å²) in [6.45, 7) is 2.05. The van der Waals surface area contributed by atoms with Gasteiger partial charge < -0.3 is 24.3 Å². The molecule has 1 aliphatic rings. The zero-order valence-electron chi connectivity index (χ0n) is 12.5. The van der Waals surface area contributed by atoms with Crippen LogP contribution in [0.4, 0.5) is 0 Å². The Hall–Kier alpha value is -2.54. The number of hydrogen-bond acceptors (Lipinski definition) is 7. The highest BCUT2D eigenvalue weighted by atomic mass is 16.7. The van der Waals surface area contributed by atoms with Crippen LogP contribution in [0.25, 0.3) is 0 Å². The third-order valence-electron chi connectivity index (χ3n) is 3.02. The van der Waals surface area contributed by atoms with Crippen LogP contribution in [0.5, 0.6) is 0 Å². The number of rotatable bonds is 5. The Morgan fingerprint density at radius 3 is 2.32 bits per heavy atom. The molecule has 118 valence electrons. The van der Waals surface area contributed by atoms with E-state index in [1.54, 1.807) is 31.2 Å². The first-order chi connectivity index (χ1) is 10.6. The fourth-order valence-corrected chi connectivity index (χ4v) is 2.06. The van der Waals surface area contributed by atoms with E-state index < -0.39 is 17.8 Å². The van der Waals surface area contributed by atoms with E-state index in [4.69, 9.17) is 9.47 Å². The Bertz CT molecular complexity index is 567. The van der Waals surface area contributed by atoms with Gasteiger partial charge in [-0.25, -0.2) is 9.59 Å². The summed E-state index contributed by atoms with van der Waals surface area (Å²) in [6, 6.07) is 8.90. The van der Waals surface area contributed by atoms with Gasteiger partial charge in [0.15, 0.2) is 5.70 Å². The van der Waals surface area contributed by atoms with E-state index in [2.05, 4.69) is 14.8 Å². The molecule has 0 amide bonds. The van der Waals surface area contributed by atoms with Crippen LogP contribution in [0.1, 0.15) is 12.5 Å². The highest BCUT2D eigenvalue weighted by Gasteiger charge is 2.48. The molecular formula is C15H17NO6. The molecule has 7 nitrogen and oxygen atoms in total. The first-order valence-electron chi connectivity index (χ1n) is 6.65. The fraction of sp³-hybridized carbons (Fsp3) is 0.333. The van der Waals surface area contributed by atoms with Crippen molar-refractivity contribution >= 4 is 11.9 Å². The number of hydrogen-bond donors (Lipinski definition) is 1. The summed E-state index contributed by atoms with van der Waals surface area (Å²) in [5, 5.41) is 2.80. The molecule has 1 N–H and O–H groups in total. The van der Waals surface area contributed by atoms with Crippen molar-refractivity contribution in [2.75, 3.05) is 20.8 Å². The van der Waals surface area contributed by atoms with Gasteiger partial charge in [0.25, 0.3) is 0 Å². The number of nitrogens with one attached hydrogen (secondary N) is 1. The lowest BCUT2D eigenvalue weighted by molar-refractivity contribution is -0.226. The van der Waals surface area contributed by atoms with Crippen molar-refractivity contribution in [1.29, 1.82) is 0 Å². The molecular weight excluding hydrogens is 290 g/mol. The van der Waals surface area contributed by atoms with Gasteiger partial charge >= 0.3 is 17.8 Å². The van der Waals surface area contributed by atoms with Crippen molar-refractivity contribution < 1.29 is 28.5 Å². The third-order valence-corrected chi connectivity index (χ3v) is 3.02. The molecule has 1 atom stereocenters. The molecule has 1 aromatic carbocycles. The molecule has 22 heavy (non-hydrogen) atoms. The summed E-state index contributed by atoms with van der Waals surface area (Å²) < 4.78 is 20.6. The van der Waals surface area contributed by atoms with E-state index in [1.165, 1.54) is 14.2 Å². The molecule has 0 bridgehead atoms. The van der Waals surface area contributed by atoms with Gasteiger partial charge in [-0.2, -0.15) is 0 Å². The predicted octanol–water partition coefficient (Wildman–Crippen LogP) is 1.01. The SMILES string of the molecule is CCOC1(c2ccccc2)NC(C(=O)OC)=C(C(=O)OC)O1. The van der Waals surface area contributed by atoms with E-state index in [-0.39, 0.29) is 18.1 Å². The maximum atomic E-state index is 11.9. The van der Waals surface area contributed by atoms with E-state index in [9.17, 15) is 9.59 Å². The Morgan fingerprint density at radius 2 is 1.77 bits per heavy atom. The molecule has 0 saturated heterocycles. The molecule has 1 aliphatic heterocycles. The quantitative estimate of drug-likeness (QED) is 0.813. The largest absolute Gasteiger partial charge is 0.464 e. The summed E-state index contributed by atoms with van der Waals surface area (Å²) in [4.78, 5) is 23.7. The maximum Gasteiger partial charge on any atom is 0.376 e. The monoisotopic (exact) mass is 307 g/mol. The van der Waals surface area contributed by atoms with Crippen LogP contribution in [-0.4, -0.2) is 32.8 Å². The second kappa shape index (κ2) is 6.48. The van der Waals surface area contributed by atoms with Crippen LogP contribution in [0.15, 0.2) is 41.8 Å². The van der Waals surface area contributed by atoms with Crippen molar-refractivity contribution in [3.63, 3.8) is 0 Å². The Morgan fingerprint density at radius 1 is 1.14 bits per heavy atom. The minimum atomic E-state index is -1.48. The topological polar surface area (TPSA) is 83.1 Å². The summed E-state index contributed by atoms with van der Waals surface area (Å²) in [6.07, 6.45) is 0. The van der Waals surface area contributed by atoms with Crippen molar-refractivity contribution in [2.45, 2.75) is 12.8 Å². The van der Waals surface area contributed by atoms with Crippen molar-refractivity contribution in [1.82, 2.24) is 5.32 Å². The zero-order chi connectivity index (χ0) is 16.2. The van der Waals surface area contributed by atoms with E-state index in [1.807, 2.05) is 6.07 Å². The maximum absolute atomic E-state index is 11.9. The number of ether oxygens (including phenoxy) is 4. The van der Waals surface area contributed by atoms with Gasteiger partial charge in [-0.05, 0) is 6.92 Å². The molecule has 0 fully saturated rings. The summed E-state index contributed by atoms with van der Waals surface area (Å²) >= 11 is 0. The van der Waals surface area contributed by atoms with Crippen LogP contribution in [0.2, 0.25) is 0 Å². The number of esters is 2. The molecule has 1 aromatic rings. The third kappa shape index (κ3) is 2.75. The molecule has 0 radical (unpaired) electrons. The second-order valence-corrected chi connectivity index (χ2v) is 4.33. The van der Waals surface area contributed by atoms with Crippen molar-refractivity contribution in [2.24, 2.45) is 0 Å². The average Bonchev–Trinajstić information content (AvgIpc) is 2.95. The summed E-state index contributed by atoms with van der Waals surface area (Å²) in [5.74, 6) is -3.32. The van der Waals surface area contributed by atoms with Gasteiger partial charge in [0.05, 0.1) is 20.8 Å². The van der Waals surface area contributed by atoms with Gasteiger partial charge in [0, 0.05) is 5.56 Å². The molecule has 1 heterocycles. The second-order valence-electron chi connectivity index (χ2n) is 4.33. The van der Waals surface area contributed by atoms with Gasteiger partial charge in [0.1, 0.15) is 0 Å². The lowest BCUT2D eigenvalue weighted by atomic mass is 10.1. The summed E-state index contributed by atoms with van der Waals surface area (Å²) in [7, 11) is 2.39. The van der Waals surface area contributed by atoms with Gasteiger partial charge in [-0.15, -0.1) is 0 Å². The van der Waals surface area contributed by atoms with Crippen LogP contribution >= 0.6 is 0 Å². The van der Waals surface area contributed by atoms with E-state index >= 15 is 0 Å². The predicted molar refractivity (Wildman–Crippen MR) is 75.0 cm³/mol. The van der Waals surface area contributed by atoms with E-state index in [0.717, 1.165) is 0 Å². The minimum Gasteiger partial charge on any atom is -0.464 e. The Balaban J connectivity index is 2.45. The number of methoxy groups -OCH3 is 2. The first kappa shape index (κ1) is 15.8. The molecule has 0 aliphatic carbocycles. The zero-order valence-corrected chi connectivity index (χ0v) is 12.5. The molecule has 0 aromatic heterocycles. The first-order valence-corrected chi connectivity index (χ1v) is 6.65. The normalized spacial score (nSPS) is 20.1. The van der Waals surface area contributed by atoms with Gasteiger partial charge in [0.2, 0.25) is 5.76 Å². The smallest absolute Gasteiger partial charge is 0.376 e. The highest BCUT2D eigenvalue weighted by Crippen LogP contribution is 2.35. The Labute approximate surface area is 127 Å². The van der Waals surface area contributed by atoms with Gasteiger partial charge in [-0.1, -0.05) is 30.3 Å². The van der Waals surface area contributed by atoms with Crippen LogP contribution in [0.3, 0.4) is 0 Å². The van der Waals surface area contributed by atoms with Gasteiger partial charge in [-0.3, -0.25) is 0 Å². The number of carbonyl (C=O) groups is 2. The number of carbonyl (C=O) groups excluding carboxylic acids is 2. The molecule has 0 saturated carbocycles. The summed E-state index contributed by atoms with van der Waals surface area (Å²) in [5.41, 5.74) is 0.448. The fourth-order valence-electron chi connectivity index (χ4n) is 2.06. The lowest BCUT2D eigenvalue weighted by Crippen LogP contribution is -2.43. The minimum absolute atomic E-state index is 0.147. The molecule has 1 unspecified atom stereocenters. The highest BCUT2D eigenvalue weighted by molar-refractivity contribution is 5.99. The van der Waals surface area contributed by atoms with Crippen LogP contribution in [-0.2, 0) is 34.4 Å².